The van der Waals surface area contributed by atoms with Gasteiger partial charge in [0.1, 0.15) is 0 Å². The Bertz CT molecular complexity index is 267. The lowest BCUT2D eigenvalue weighted by molar-refractivity contribution is -0.0885. The predicted octanol–water partition coefficient (Wildman–Crippen LogP) is 3.31. The summed E-state index contributed by atoms with van der Waals surface area (Å²) in [6, 6.07) is 0.840. The van der Waals surface area contributed by atoms with Crippen molar-refractivity contribution in [1.29, 1.82) is 0 Å². The molecule has 2 saturated heterocycles. The molecule has 0 atom stereocenters. The van der Waals surface area contributed by atoms with Crippen LogP contribution in [0.1, 0.15) is 52.4 Å². The molecule has 2 nitrogen and oxygen atoms in total. The Morgan fingerprint density at radius 2 is 1.61 bits per heavy atom. The molecule has 0 aromatic rings. The fourth-order valence-corrected chi connectivity index (χ4v) is 4.36. The maximum absolute atomic E-state index is 5.47. The molecule has 1 spiro atoms. The van der Waals surface area contributed by atoms with Crippen LogP contribution in [0.5, 0.6) is 0 Å². The number of hydrogen-bond donors (Lipinski definition) is 0. The summed E-state index contributed by atoms with van der Waals surface area (Å²) >= 11 is 0. The largest absolute Gasteiger partial charge is 0.381 e. The molecule has 104 valence electrons. The standard InChI is InChI=1S/C16H29NO/c1-13(2)14-3-7-16(8-4-14)11-17(12-16)15-5-9-18-10-6-15/h13-15H,3-12H2,1-2H3. The van der Waals surface area contributed by atoms with E-state index in [4.69, 9.17) is 4.74 Å². The molecule has 0 unspecified atom stereocenters. The highest BCUT2D eigenvalue weighted by atomic mass is 16.5. The van der Waals surface area contributed by atoms with Crippen LogP contribution in [0.25, 0.3) is 0 Å². The van der Waals surface area contributed by atoms with Crippen molar-refractivity contribution in [3.63, 3.8) is 0 Å². The van der Waals surface area contributed by atoms with Crippen LogP contribution < -0.4 is 0 Å². The molecule has 0 aromatic carbocycles. The van der Waals surface area contributed by atoms with Gasteiger partial charge in [0.2, 0.25) is 0 Å². The van der Waals surface area contributed by atoms with E-state index < -0.39 is 0 Å². The predicted molar refractivity (Wildman–Crippen MR) is 74.6 cm³/mol. The number of likely N-dealkylation sites (tertiary alicyclic amines) is 1. The summed E-state index contributed by atoms with van der Waals surface area (Å²) in [5, 5.41) is 0. The highest BCUT2D eigenvalue weighted by molar-refractivity contribution is 5.00. The first-order valence-corrected chi connectivity index (χ1v) is 8.00. The number of rotatable bonds is 2. The molecule has 3 aliphatic rings. The van der Waals surface area contributed by atoms with Crippen molar-refractivity contribution < 1.29 is 4.74 Å². The molecule has 3 fully saturated rings. The molecule has 3 rings (SSSR count). The van der Waals surface area contributed by atoms with E-state index in [0.29, 0.717) is 0 Å². The van der Waals surface area contributed by atoms with Crippen LogP contribution in [0.15, 0.2) is 0 Å². The maximum Gasteiger partial charge on any atom is 0.0480 e. The lowest BCUT2D eigenvalue weighted by Gasteiger charge is -2.57. The van der Waals surface area contributed by atoms with Crippen LogP contribution in [0.3, 0.4) is 0 Å². The second kappa shape index (κ2) is 5.13. The van der Waals surface area contributed by atoms with Gasteiger partial charge in [0.25, 0.3) is 0 Å². The first-order valence-electron chi connectivity index (χ1n) is 8.00. The quantitative estimate of drug-likeness (QED) is 0.746. The van der Waals surface area contributed by atoms with Gasteiger partial charge < -0.3 is 4.74 Å². The van der Waals surface area contributed by atoms with Gasteiger partial charge in [-0.3, -0.25) is 4.90 Å². The number of nitrogens with zero attached hydrogens (tertiary/aromatic N) is 1. The average molecular weight is 251 g/mol. The zero-order valence-electron chi connectivity index (χ0n) is 12.2. The van der Waals surface area contributed by atoms with Crippen LogP contribution in [-0.4, -0.2) is 37.2 Å². The number of ether oxygens (including phenoxy) is 1. The van der Waals surface area contributed by atoms with Crippen molar-refractivity contribution in [3.05, 3.63) is 0 Å². The smallest absolute Gasteiger partial charge is 0.0480 e. The van der Waals surface area contributed by atoms with Crippen LogP contribution in [-0.2, 0) is 4.74 Å². The van der Waals surface area contributed by atoms with E-state index in [1.54, 1.807) is 0 Å². The van der Waals surface area contributed by atoms with Crippen LogP contribution >= 0.6 is 0 Å². The Labute approximate surface area is 112 Å². The summed E-state index contributed by atoms with van der Waals surface area (Å²) < 4.78 is 5.47. The third-order valence-electron chi connectivity index (χ3n) is 5.82. The minimum Gasteiger partial charge on any atom is -0.381 e. The lowest BCUT2D eigenvalue weighted by Crippen LogP contribution is -2.61. The summed E-state index contributed by atoms with van der Waals surface area (Å²) in [5.41, 5.74) is 0.726. The fraction of sp³-hybridized carbons (Fsp3) is 1.00. The fourth-order valence-electron chi connectivity index (χ4n) is 4.36. The molecule has 0 amide bonds. The van der Waals surface area contributed by atoms with Gasteiger partial charge in [-0.2, -0.15) is 0 Å². The molecule has 0 radical (unpaired) electrons. The Balaban J connectivity index is 1.46. The Kier molecular flexibility index (Phi) is 3.68. The topological polar surface area (TPSA) is 12.5 Å². The van der Waals surface area contributed by atoms with Crippen LogP contribution in [0, 0.1) is 17.3 Å². The molecule has 1 aliphatic carbocycles. The second-order valence-electron chi connectivity index (χ2n) is 7.33. The highest BCUT2D eigenvalue weighted by Crippen LogP contribution is 2.48. The molecule has 0 aromatic heterocycles. The van der Waals surface area contributed by atoms with Gasteiger partial charge in [0, 0.05) is 32.3 Å². The third-order valence-corrected chi connectivity index (χ3v) is 5.82. The van der Waals surface area contributed by atoms with Crippen LogP contribution in [0.4, 0.5) is 0 Å². The molecule has 2 heterocycles. The van der Waals surface area contributed by atoms with Crippen LogP contribution in [0.2, 0.25) is 0 Å². The molecular weight excluding hydrogens is 222 g/mol. The summed E-state index contributed by atoms with van der Waals surface area (Å²) in [7, 11) is 0. The van der Waals surface area contributed by atoms with Gasteiger partial charge in [0.05, 0.1) is 0 Å². The first kappa shape index (κ1) is 12.9. The number of hydrogen-bond acceptors (Lipinski definition) is 2. The summed E-state index contributed by atoms with van der Waals surface area (Å²) in [4.78, 5) is 2.75. The van der Waals surface area contributed by atoms with Crippen molar-refractivity contribution in [2.24, 2.45) is 17.3 Å². The van der Waals surface area contributed by atoms with Crippen molar-refractivity contribution >= 4 is 0 Å². The summed E-state index contributed by atoms with van der Waals surface area (Å²) in [6.45, 7) is 9.56. The first-order chi connectivity index (χ1) is 8.69. The van der Waals surface area contributed by atoms with Gasteiger partial charge in [-0.25, -0.2) is 0 Å². The minimum absolute atomic E-state index is 0.726. The van der Waals surface area contributed by atoms with E-state index in [1.165, 1.54) is 51.6 Å². The summed E-state index contributed by atoms with van der Waals surface area (Å²) in [6.07, 6.45) is 8.50. The van der Waals surface area contributed by atoms with Crippen molar-refractivity contribution in [2.75, 3.05) is 26.3 Å². The van der Waals surface area contributed by atoms with Gasteiger partial charge >= 0.3 is 0 Å². The Morgan fingerprint density at radius 3 is 2.17 bits per heavy atom. The van der Waals surface area contributed by atoms with Crippen molar-refractivity contribution in [2.45, 2.75) is 58.4 Å². The van der Waals surface area contributed by atoms with E-state index in [0.717, 1.165) is 36.5 Å². The van der Waals surface area contributed by atoms with Gasteiger partial charge in [-0.15, -0.1) is 0 Å². The zero-order chi connectivity index (χ0) is 12.6. The van der Waals surface area contributed by atoms with E-state index in [1.807, 2.05) is 0 Å². The monoisotopic (exact) mass is 251 g/mol. The van der Waals surface area contributed by atoms with E-state index in [9.17, 15) is 0 Å². The second-order valence-corrected chi connectivity index (χ2v) is 7.33. The van der Waals surface area contributed by atoms with E-state index >= 15 is 0 Å². The highest BCUT2D eigenvalue weighted by Gasteiger charge is 2.47. The zero-order valence-corrected chi connectivity index (χ0v) is 12.2. The van der Waals surface area contributed by atoms with Crippen molar-refractivity contribution in [1.82, 2.24) is 4.90 Å². The average Bonchev–Trinajstić information content (AvgIpc) is 2.37. The molecular formula is C16H29NO. The minimum atomic E-state index is 0.726. The van der Waals surface area contributed by atoms with Gasteiger partial charge in [-0.05, 0) is 55.8 Å². The molecule has 1 saturated carbocycles. The third kappa shape index (κ3) is 2.46. The maximum atomic E-state index is 5.47. The molecule has 2 heteroatoms. The van der Waals surface area contributed by atoms with E-state index in [-0.39, 0.29) is 0 Å². The Morgan fingerprint density at radius 1 is 1.00 bits per heavy atom. The SMILES string of the molecule is CC(C)C1CCC2(CC1)CN(C1CCOCC1)C2. The van der Waals surface area contributed by atoms with E-state index in [2.05, 4.69) is 18.7 Å². The lowest BCUT2D eigenvalue weighted by atomic mass is 9.63. The molecule has 2 aliphatic heterocycles. The summed E-state index contributed by atoms with van der Waals surface area (Å²) in [5.74, 6) is 1.90. The molecule has 18 heavy (non-hydrogen) atoms. The van der Waals surface area contributed by atoms with Gasteiger partial charge in [-0.1, -0.05) is 13.8 Å². The molecule has 0 N–H and O–H groups in total. The molecule has 0 bridgehead atoms. The Hall–Kier alpha value is -0.0800. The van der Waals surface area contributed by atoms with Gasteiger partial charge in [0.15, 0.2) is 0 Å². The normalized spacial score (nSPS) is 30.8. The van der Waals surface area contributed by atoms with Crippen molar-refractivity contribution in [3.8, 4) is 0 Å².